The predicted octanol–water partition coefficient (Wildman–Crippen LogP) is -0.0667. The molecule has 0 aromatic heterocycles. The Labute approximate surface area is 62.6 Å². The van der Waals surface area contributed by atoms with Gasteiger partial charge in [0.05, 0.1) is 12.8 Å². The first-order valence-electron chi connectivity index (χ1n) is 2.06. The zero-order chi connectivity index (χ0) is 6.57. The van der Waals surface area contributed by atoms with Gasteiger partial charge >= 0.3 is 11.9 Å². The second-order valence-electron chi connectivity index (χ2n) is 1.29. The molecule has 0 atom stereocenters. The molecule has 0 aliphatic rings. The van der Waals surface area contributed by atoms with Gasteiger partial charge in [-0.1, -0.05) is 0 Å². The normalized spacial score (nSPS) is 7.56. The van der Waals surface area contributed by atoms with Crippen molar-refractivity contribution >= 4 is 11.9 Å². The van der Waals surface area contributed by atoms with Crippen LogP contribution in [0.4, 0.5) is 0 Å². The minimum Gasteiger partial charge on any atom is -0.481 e. The molecule has 0 bridgehead atoms. The Kier molecular flexibility index (Phi) is 7.03. The minimum atomic E-state index is -1.08. The van der Waals surface area contributed by atoms with Crippen molar-refractivity contribution in [3.63, 3.8) is 0 Å². The van der Waals surface area contributed by atoms with Gasteiger partial charge in [0.25, 0.3) is 0 Å². The van der Waals surface area contributed by atoms with Crippen LogP contribution >= 0.6 is 0 Å². The molecule has 0 fully saturated rings. The second-order valence-corrected chi connectivity index (χ2v) is 1.29. The van der Waals surface area contributed by atoms with Crippen LogP contribution in [0.5, 0.6) is 0 Å². The molecule has 9 heavy (non-hydrogen) atoms. The Morgan fingerprint density at radius 2 is 1.22 bits per heavy atom. The molecule has 0 saturated heterocycles. The summed E-state index contributed by atoms with van der Waals surface area (Å²) in [4.78, 5) is 19.3. The Morgan fingerprint density at radius 3 is 1.33 bits per heavy atom. The number of rotatable bonds is 3. The average molecular weight is 170 g/mol. The van der Waals surface area contributed by atoms with Gasteiger partial charge in [0.1, 0.15) is 0 Å². The zero-order valence-electron chi connectivity index (χ0n) is 4.53. The number of carbonyl (C=O) groups is 2. The Morgan fingerprint density at radius 1 is 1.00 bits per heavy atom. The van der Waals surface area contributed by atoms with Crippen LogP contribution in [-0.2, 0) is 27.0 Å². The van der Waals surface area contributed by atoms with Crippen molar-refractivity contribution in [3.05, 3.63) is 0 Å². The monoisotopic (exact) mass is 170 g/mol. The number of carboxylic acid groups (broad SMARTS) is 2. The molecular formula is C4H6CrO4. The Hall–Kier alpha value is -0.528. The number of hydrogen-bond acceptors (Lipinski definition) is 2. The fourth-order valence-corrected chi connectivity index (χ4v) is 0.214. The third kappa shape index (κ3) is 11.2. The van der Waals surface area contributed by atoms with Crippen LogP contribution in [0.3, 0.4) is 0 Å². The first-order valence-corrected chi connectivity index (χ1v) is 2.06. The van der Waals surface area contributed by atoms with Gasteiger partial charge in [0, 0.05) is 17.4 Å². The summed E-state index contributed by atoms with van der Waals surface area (Å²) in [6, 6.07) is 0. The molecule has 0 radical (unpaired) electrons. The van der Waals surface area contributed by atoms with Crippen LogP contribution in [0.1, 0.15) is 12.8 Å². The Bertz CT molecular complexity index is 97.1. The van der Waals surface area contributed by atoms with E-state index < -0.39 is 11.9 Å². The van der Waals surface area contributed by atoms with E-state index in [1.807, 2.05) is 0 Å². The van der Waals surface area contributed by atoms with Gasteiger partial charge in [0.15, 0.2) is 0 Å². The summed E-state index contributed by atoms with van der Waals surface area (Å²) in [5, 5.41) is 15.8. The molecule has 52 valence electrons. The van der Waals surface area contributed by atoms with E-state index in [0.29, 0.717) is 0 Å². The van der Waals surface area contributed by atoms with Crippen molar-refractivity contribution in [2.24, 2.45) is 0 Å². The fourth-order valence-electron chi connectivity index (χ4n) is 0.214. The third-order valence-electron chi connectivity index (χ3n) is 0.553. The summed E-state index contributed by atoms with van der Waals surface area (Å²) < 4.78 is 0. The Balaban J connectivity index is 0. The molecule has 0 spiro atoms. The van der Waals surface area contributed by atoms with Crippen LogP contribution in [0.2, 0.25) is 0 Å². The summed E-state index contributed by atoms with van der Waals surface area (Å²) >= 11 is 0. The molecule has 0 aromatic carbocycles. The van der Waals surface area contributed by atoms with Crippen molar-refractivity contribution in [3.8, 4) is 0 Å². The summed E-state index contributed by atoms with van der Waals surface area (Å²) in [6.45, 7) is 0. The molecule has 0 aromatic rings. The van der Waals surface area contributed by atoms with Crippen molar-refractivity contribution in [2.75, 3.05) is 0 Å². The molecule has 0 aliphatic carbocycles. The topological polar surface area (TPSA) is 74.6 Å². The van der Waals surface area contributed by atoms with Crippen LogP contribution in [-0.4, -0.2) is 22.2 Å². The largest absolute Gasteiger partial charge is 0.481 e. The van der Waals surface area contributed by atoms with Gasteiger partial charge in [0.2, 0.25) is 0 Å². The average Bonchev–Trinajstić information content (AvgIpc) is 1.61. The summed E-state index contributed by atoms with van der Waals surface area (Å²) in [5.41, 5.74) is 0. The van der Waals surface area contributed by atoms with Gasteiger partial charge in [-0.3, -0.25) is 9.59 Å². The van der Waals surface area contributed by atoms with Crippen LogP contribution in [0, 0.1) is 0 Å². The van der Waals surface area contributed by atoms with E-state index in [1.165, 1.54) is 0 Å². The predicted molar refractivity (Wildman–Crippen MR) is 24.5 cm³/mol. The molecule has 0 saturated carbocycles. The molecular weight excluding hydrogens is 164 g/mol. The summed E-state index contributed by atoms with van der Waals surface area (Å²) in [7, 11) is 0. The van der Waals surface area contributed by atoms with Crippen molar-refractivity contribution in [1.29, 1.82) is 0 Å². The van der Waals surface area contributed by atoms with Crippen LogP contribution in [0.25, 0.3) is 0 Å². The van der Waals surface area contributed by atoms with Crippen molar-refractivity contribution in [2.45, 2.75) is 12.8 Å². The SMILES string of the molecule is O=C(O)CCC(=O)O.[Cr]. The van der Waals surface area contributed by atoms with E-state index in [4.69, 9.17) is 10.2 Å². The first-order chi connectivity index (χ1) is 3.63. The molecule has 0 unspecified atom stereocenters. The van der Waals surface area contributed by atoms with Gasteiger partial charge < -0.3 is 10.2 Å². The van der Waals surface area contributed by atoms with Gasteiger partial charge in [-0.25, -0.2) is 0 Å². The fraction of sp³-hybridized carbons (Fsp3) is 0.500. The summed E-state index contributed by atoms with van der Waals surface area (Å²) in [6.07, 6.45) is -0.593. The molecule has 0 rings (SSSR count). The van der Waals surface area contributed by atoms with E-state index in [9.17, 15) is 9.59 Å². The van der Waals surface area contributed by atoms with Gasteiger partial charge in [-0.15, -0.1) is 0 Å². The maximum Gasteiger partial charge on any atom is 0.303 e. The standard InChI is InChI=1S/C4H6O4.Cr/c5-3(6)1-2-4(7)8;/h1-2H2,(H,5,6)(H,7,8);. The van der Waals surface area contributed by atoms with Crippen molar-refractivity contribution in [1.82, 2.24) is 0 Å². The van der Waals surface area contributed by atoms with Gasteiger partial charge in [-0.05, 0) is 0 Å². The quantitative estimate of drug-likeness (QED) is 0.621. The molecule has 5 heteroatoms. The van der Waals surface area contributed by atoms with Gasteiger partial charge in [-0.2, -0.15) is 0 Å². The second kappa shape index (κ2) is 5.61. The van der Waals surface area contributed by atoms with E-state index in [2.05, 4.69) is 0 Å². The van der Waals surface area contributed by atoms with Crippen molar-refractivity contribution < 1.29 is 37.2 Å². The smallest absolute Gasteiger partial charge is 0.303 e. The number of hydrogen-bond donors (Lipinski definition) is 2. The maximum atomic E-state index is 9.64. The molecule has 0 heterocycles. The zero-order valence-corrected chi connectivity index (χ0v) is 5.81. The summed E-state index contributed by atoms with van der Waals surface area (Å²) in [5.74, 6) is -2.15. The van der Waals surface area contributed by atoms with E-state index in [-0.39, 0.29) is 30.2 Å². The first kappa shape index (κ1) is 11.3. The maximum absolute atomic E-state index is 9.64. The third-order valence-corrected chi connectivity index (χ3v) is 0.553. The molecule has 0 aliphatic heterocycles. The number of aliphatic carboxylic acids is 2. The van der Waals surface area contributed by atoms with Crippen LogP contribution in [0.15, 0.2) is 0 Å². The number of carboxylic acids is 2. The molecule has 4 nitrogen and oxygen atoms in total. The minimum absolute atomic E-state index is 0. The molecule has 0 amide bonds. The van der Waals surface area contributed by atoms with Crippen LogP contribution < -0.4 is 0 Å². The van der Waals surface area contributed by atoms with E-state index in [0.717, 1.165) is 0 Å². The van der Waals surface area contributed by atoms with E-state index >= 15 is 0 Å². The van der Waals surface area contributed by atoms with E-state index in [1.54, 1.807) is 0 Å². The molecule has 2 N–H and O–H groups in total.